The van der Waals surface area contributed by atoms with E-state index in [1.54, 1.807) is 0 Å². The first kappa shape index (κ1) is 12.6. The molecule has 0 atom stereocenters. The third-order valence-corrected chi connectivity index (χ3v) is 5.15. The molecule has 0 unspecified atom stereocenters. The Bertz CT molecular complexity index is 377. The molecule has 0 amide bonds. The molecular formula is C12H15Cl2NS. The van der Waals surface area contributed by atoms with Gasteiger partial charge in [0.25, 0.3) is 0 Å². The monoisotopic (exact) mass is 275 g/mol. The van der Waals surface area contributed by atoms with Gasteiger partial charge >= 0.3 is 0 Å². The van der Waals surface area contributed by atoms with E-state index in [-0.39, 0.29) is 0 Å². The molecule has 1 aromatic carbocycles. The average molecular weight is 276 g/mol. The van der Waals surface area contributed by atoms with Crippen LogP contribution in [-0.2, 0) is 0 Å². The Hall–Kier alpha value is 0.110. The van der Waals surface area contributed by atoms with Crippen LogP contribution < -0.4 is 5.73 Å². The standard InChI is InChI=1S/C12H15Cl2NS/c13-10-2-1-9(7-11(10)14)16-8-12(3-4-12)5-6-15/h1-2,7H,3-6,8,15H2. The fourth-order valence-corrected chi connectivity index (χ4v) is 3.39. The van der Waals surface area contributed by atoms with Gasteiger partial charge in [-0.3, -0.25) is 0 Å². The lowest BCUT2D eigenvalue weighted by Crippen LogP contribution is -2.11. The van der Waals surface area contributed by atoms with Crippen molar-refractivity contribution in [2.24, 2.45) is 11.1 Å². The first-order valence-corrected chi connectivity index (χ1v) is 7.17. The van der Waals surface area contributed by atoms with Gasteiger partial charge in [0.15, 0.2) is 0 Å². The molecule has 0 heterocycles. The van der Waals surface area contributed by atoms with Crippen molar-refractivity contribution in [2.75, 3.05) is 12.3 Å². The molecule has 1 aliphatic carbocycles. The maximum Gasteiger partial charge on any atom is 0.0603 e. The second kappa shape index (κ2) is 5.18. The summed E-state index contributed by atoms with van der Waals surface area (Å²) < 4.78 is 0. The minimum Gasteiger partial charge on any atom is -0.330 e. The van der Waals surface area contributed by atoms with Gasteiger partial charge in [-0.25, -0.2) is 0 Å². The molecule has 0 saturated heterocycles. The first-order chi connectivity index (χ1) is 7.65. The second-order valence-corrected chi connectivity index (χ2v) is 6.27. The first-order valence-electron chi connectivity index (χ1n) is 5.43. The van der Waals surface area contributed by atoms with Crippen LogP contribution in [0.2, 0.25) is 10.0 Å². The van der Waals surface area contributed by atoms with Crippen molar-refractivity contribution < 1.29 is 0 Å². The van der Waals surface area contributed by atoms with E-state index in [1.165, 1.54) is 17.7 Å². The molecule has 1 aromatic rings. The summed E-state index contributed by atoms with van der Waals surface area (Å²) in [5, 5.41) is 1.25. The Morgan fingerprint density at radius 2 is 2.00 bits per heavy atom. The van der Waals surface area contributed by atoms with Crippen LogP contribution in [0.5, 0.6) is 0 Å². The number of benzene rings is 1. The van der Waals surface area contributed by atoms with E-state index >= 15 is 0 Å². The molecule has 16 heavy (non-hydrogen) atoms. The Kier molecular flexibility index (Phi) is 4.06. The van der Waals surface area contributed by atoms with Crippen LogP contribution in [0.1, 0.15) is 19.3 Å². The smallest absolute Gasteiger partial charge is 0.0603 e. The largest absolute Gasteiger partial charge is 0.330 e. The van der Waals surface area contributed by atoms with E-state index in [4.69, 9.17) is 28.9 Å². The third kappa shape index (κ3) is 3.07. The minimum atomic E-state index is 0.505. The number of thioether (sulfide) groups is 1. The molecule has 0 spiro atoms. The van der Waals surface area contributed by atoms with Gasteiger partial charge in [0.05, 0.1) is 10.0 Å². The molecule has 88 valence electrons. The number of halogens is 2. The molecular weight excluding hydrogens is 261 g/mol. The van der Waals surface area contributed by atoms with Crippen molar-refractivity contribution in [3.05, 3.63) is 28.2 Å². The van der Waals surface area contributed by atoms with Crippen molar-refractivity contribution in [2.45, 2.75) is 24.2 Å². The van der Waals surface area contributed by atoms with Crippen LogP contribution in [0, 0.1) is 5.41 Å². The zero-order chi connectivity index (χ0) is 11.6. The van der Waals surface area contributed by atoms with E-state index < -0.39 is 0 Å². The minimum absolute atomic E-state index is 0.505. The molecule has 0 radical (unpaired) electrons. The summed E-state index contributed by atoms with van der Waals surface area (Å²) in [6, 6.07) is 5.82. The third-order valence-electron chi connectivity index (χ3n) is 3.07. The van der Waals surface area contributed by atoms with E-state index in [2.05, 4.69) is 0 Å². The van der Waals surface area contributed by atoms with Gasteiger partial charge in [0, 0.05) is 10.6 Å². The average Bonchev–Trinajstić information content (AvgIpc) is 3.01. The van der Waals surface area contributed by atoms with Crippen molar-refractivity contribution in [1.29, 1.82) is 0 Å². The lowest BCUT2D eigenvalue weighted by Gasteiger charge is -2.13. The molecule has 2 rings (SSSR count). The van der Waals surface area contributed by atoms with Crippen LogP contribution in [0.4, 0.5) is 0 Å². The summed E-state index contributed by atoms with van der Waals surface area (Å²) in [5.74, 6) is 1.14. The van der Waals surface area contributed by atoms with Gasteiger partial charge < -0.3 is 5.73 Å². The van der Waals surface area contributed by atoms with Crippen LogP contribution in [0.3, 0.4) is 0 Å². The maximum absolute atomic E-state index is 5.98. The molecule has 1 saturated carbocycles. The van der Waals surface area contributed by atoms with Crippen LogP contribution in [0.25, 0.3) is 0 Å². The fraction of sp³-hybridized carbons (Fsp3) is 0.500. The highest BCUT2D eigenvalue weighted by Crippen LogP contribution is 2.51. The SMILES string of the molecule is NCCC1(CSc2ccc(Cl)c(Cl)c2)CC1. The molecule has 0 aliphatic heterocycles. The predicted molar refractivity (Wildman–Crippen MR) is 72.5 cm³/mol. The van der Waals surface area contributed by atoms with Crippen molar-refractivity contribution in [3.63, 3.8) is 0 Å². The Labute approximate surface area is 111 Å². The maximum atomic E-state index is 5.98. The van der Waals surface area contributed by atoms with E-state index in [0.717, 1.165) is 18.7 Å². The van der Waals surface area contributed by atoms with Crippen LogP contribution >= 0.6 is 35.0 Å². The van der Waals surface area contributed by atoms with Gasteiger partial charge in [-0.2, -0.15) is 0 Å². The lowest BCUT2D eigenvalue weighted by atomic mass is 10.1. The quantitative estimate of drug-likeness (QED) is 0.815. The lowest BCUT2D eigenvalue weighted by molar-refractivity contribution is 0.537. The normalized spacial score (nSPS) is 17.4. The molecule has 4 heteroatoms. The zero-order valence-corrected chi connectivity index (χ0v) is 11.3. The molecule has 0 bridgehead atoms. The van der Waals surface area contributed by atoms with Crippen LogP contribution in [-0.4, -0.2) is 12.3 Å². The van der Waals surface area contributed by atoms with E-state index in [1.807, 2.05) is 30.0 Å². The summed E-state index contributed by atoms with van der Waals surface area (Å²) in [6.07, 6.45) is 3.78. The van der Waals surface area contributed by atoms with E-state index in [9.17, 15) is 0 Å². The molecule has 1 aliphatic rings. The highest BCUT2D eigenvalue weighted by atomic mass is 35.5. The summed E-state index contributed by atoms with van der Waals surface area (Å²) >= 11 is 13.7. The number of hydrogen-bond acceptors (Lipinski definition) is 2. The second-order valence-electron chi connectivity index (χ2n) is 4.40. The van der Waals surface area contributed by atoms with Gasteiger partial charge in [-0.05, 0) is 49.4 Å². The van der Waals surface area contributed by atoms with E-state index in [0.29, 0.717) is 15.5 Å². The topological polar surface area (TPSA) is 26.0 Å². The molecule has 0 aromatic heterocycles. The fourth-order valence-electron chi connectivity index (χ4n) is 1.75. The molecule has 1 fully saturated rings. The van der Waals surface area contributed by atoms with Crippen molar-refractivity contribution in [1.82, 2.24) is 0 Å². The summed E-state index contributed by atoms with van der Waals surface area (Å²) in [6.45, 7) is 0.794. The van der Waals surface area contributed by atoms with Crippen molar-refractivity contribution in [3.8, 4) is 0 Å². The van der Waals surface area contributed by atoms with Crippen molar-refractivity contribution >= 4 is 35.0 Å². The predicted octanol–water partition coefficient (Wildman–Crippen LogP) is 4.21. The molecule has 2 N–H and O–H groups in total. The Morgan fingerprint density at radius 3 is 2.56 bits per heavy atom. The zero-order valence-electron chi connectivity index (χ0n) is 9.01. The van der Waals surface area contributed by atoms with Crippen LogP contribution in [0.15, 0.2) is 23.1 Å². The number of nitrogens with two attached hydrogens (primary N) is 1. The highest BCUT2D eigenvalue weighted by molar-refractivity contribution is 7.99. The Morgan fingerprint density at radius 1 is 1.25 bits per heavy atom. The molecule has 1 nitrogen and oxygen atoms in total. The highest BCUT2D eigenvalue weighted by Gasteiger charge is 2.41. The number of hydrogen-bond donors (Lipinski definition) is 1. The summed E-state index contributed by atoms with van der Waals surface area (Å²) in [4.78, 5) is 1.19. The number of rotatable bonds is 5. The van der Waals surface area contributed by atoms with Gasteiger partial charge in [-0.15, -0.1) is 11.8 Å². The summed E-state index contributed by atoms with van der Waals surface area (Å²) in [5.41, 5.74) is 6.13. The van der Waals surface area contributed by atoms with Gasteiger partial charge in [0.1, 0.15) is 0 Å². The van der Waals surface area contributed by atoms with Gasteiger partial charge in [-0.1, -0.05) is 23.2 Å². The Balaban J connectivity index is 1.92. The summed E-state index contributed by atoms with van der Waals surface area (Å²) in [7, 11) is 0. The van der Waals surface area contributed by atoms with Gasteiger partial charge in [0.2, 0.25) is 0 Å².